The lowest BCUT2D eigenvalue weighted by atomic mass is 10.1. The molecule has 3 heteroatoms. The zero-order valence-electron chi connectivity index (χ0n) is 9.02. The van der Waals surface area contributed by atoms with Gasteiger partial charge in [0.05, 0.1) is 0 Å². The van der Waals surface area contributed by atoms with E-state index in [2.05, 4.69) is 5.32 Å². The maximum atomic E-state index is 13.2. The van der Waals surface area contributed by atoms with Crippen LogP contribution in [0.25, 0.3) is 0 Å². The lowest BCUT2D eigenvalue weighted by Crippen LogP contribution is -2.14. The van der Waals surface area contributed by atoms with Crippen molar-refractivity contribution in [1.29, 1.82) is 0 Å². The molecule has 0 aliphatic rings. The van der Waals surface area contributed by atoms with E-state index < -0.39 is 11.6 Å². The minimum atomic E-state index is -0.751. The molecule has 15 heavy (non-hydrogen) atoms. The van der Waals surface area contributed by atoms with Crippen LogP contribution in [0.2, 0.25) is 0 Å². The predicted molar refractivity (Wildman–Crippen MR) is 57.8 cm³/mol. The first-order valence-electron chi connectivity index (χ1n) is 5.39. The van der Waals surface area contributed by atoms with Crippen LogP contribution in [0.1, 0.15) is 25.3 Å². The molecule has 1 rings (SSSR count). The van der Waals surface area contributed by atoms with E-state index in [-0.39, 0.29) is 0 Å². The van der Waals surface area contributed by atoms with Crippen LogP contribution < -0.4 is 5.32 Å². The van der Waals surface area contributed by atoms with Crippen LogP contribution in [0.3, 0.4) is 0 Å². The van der Waals surface area contributed by atoms with Crippen LogP contribution in [0.4, 0.5) is 8.78 Å². The Morgan fingerprint density at radius 1 is 1.20 bits per heavy atom. The van der Waals surface area contributed by atoms with Crippen LogP contribution in [-0.4, -0.2) is 13.1 Å². The minimum absolute atomic E-state index is 0.478. The molecular weight excluding hydrogens is 196 g/mol. The molecule has 0 spiro atoms. The van der Waals surface area contributed by atoms with Gasteiger partial charge in [-0.3, -0.25) is 0 Å². The van der Waals surface area contributed by atoms with Crippen molar-refractivity contribution in [3.63, 3.8) is 0 Å². The Morgan fingerprint density at radius 3 is 2.73 bits per heavy atom. The van der Waals surface area contributed by atoms with Crippen LogP contribution in [-0.2, 0) is 6.42 Å². The van der Waals surface area contributed by atoms with Gasteiger partial charge in [0.15, 0.2) is 11.6 Å². The van der Waals surface area contributed by atoms with E-state index in [1.807, 2.05) is 6.92 Å². The lowest BCUT2D eigenvalue weighted by Gasteiger charge is -2.04. The van der Waals surface area contributed by atoms with Crippen molar-refractivity contribution >= 4 is 0 Å². The molecule has 84 valence electrons. The van der Waals surface area contributed by atoms with Crippen molar-refractivity contribution in [2.24, 2.45) is 0 Å². The molecule has 0 unspecified atom stereocenters. The Balaban J connectivity index is 2.34. The number of rotatable bonds is 6. The fourth-order valence-corrected chi connectivity index (χ4v) is 1.48. The van der Waals surface area contributed by atoms with Crippen LogP contribution in [0.5, 0.6) is 0 Å². The maximum Gasteiger partial charge on any atom is 0.162 e. The molecule has 0 radical (unpaired) electrons. The maximum absolute atomic E-state index is 13.2. The molecule has 1 aromatic rings. The number of aryl methyl sites for hydroxylation is 1. The van der Waals surface area contributed by atoms with Gasteiger partial charge in [-0.05, 0) is 44.0 Å². The number of hydrogen-bond acceptors (Lipinski definition) is 1. The third-order valence-corrected chi connectivity index (χ3v) is 2.33. The van der Waals surface area contributed by atoms with Gasteiger partial charge in [-0.15, -0.1) is 0 Å². The number of benzene rings is 1. The average molecular weight is 213 g/mol. The molecule has 0 heterocycles. The molecule has 0 saturated carbocycles. The minimum Gasteiger partial charge on any atom is -0.317 e. The molecule has 0 aromatic heterocycles. The van der Waals surface area contributed by atoms with Crippen LogP contribution in [0.15, 0.2) is 18.2 Å². The Labute approximate surface area is 89.5 Å². The summed E-state index contributed by atoms with van der Waals surface area (Å²) < 4.78 is 26.0. The third-order valence-electron chi connectivity index (χ3n) is 2.33. The van der Waals surface area contributed by atoms with Gasteiger partial charge in [0.2, 0.25) is 0 Å². The molecular formula is C12H17F2N. The summed E-state index contributed by atoms with van der Waals surface area (Å²) in [6, 6.07) is 4.35. The summed E-state index contributed by atoms with van der Waals surface area (Å²) in [6.07, 6.45) is 2.48. The smallest absolute Gasteiger partial charge is 0.162 e. The first kappa shape index (κ1) is 12.1. The molecule has 0 fully saturated rings. The Kier molecular flexibility index (Phi) is 5.26. The standard InChI is InChI=1S/C12H17F2N/c1-2-15-9-4-3-6-10-7-5-8-11(13)12(10)14/h5,7-8,15H,2-4,6,9H2,1H3. The van der Waals surface area contributed by atoms with E-state index in [1.54, 1.807) is 12.1 Å². The van der Waals surface area contributed by atoms with Crippen molar-refractivity contribution in [3.8, 4) is 0 Å². The number of unbranched alkanes of at least 4 members (excludes halogenated alkanes) is 1. The van der Waals surface area contributed by atoms with Crippen molar-refractivity contribution in [1.82, 2.24) is 5.32 Å². The molecule has 0 aliphatic heterocycles. The molecule has 0 bridgehead atoms. The highest BCUT2D eigenvalue weighted by Crippen LogP contribution is 2.13. The van der Waals surface area contributed by atoms with Crippen molar-refractivity contribution < 1.29 is 8.78 Å². The summed E-state index contributed by atoms with van der Waals surface area (Å²) in [6.45, 7) is 3.94. The highest BCUT2D eigenvalue weighted by Gasteiger charge is 2.06. The molecule has 0 saturated heterocycles. The molecule has 1 aromatic carbocycles. The highest BCUT2D eigenvalue weighted by atomic mass is 19.2. The number of nitrogens with one attached hydrogen (secondary N) is 1. The van der Waals surface area contributed by atoms with E-state index >= 15 is 0 Å². The van der Waals surface area contributed by atoms with Crippen molar-refractivity contribution in [2.45, 2.75) is 26.2 Å². The van der Waals surface area contributed by atoms with E-state index in [9.17, 15) is 8.78 Å². The fraction of sp³-hybridized carbons (Fsp3) is 0.500. The Hall–Kier alpha value is -0.960. The van der Waals surface area contributed by atoms with Crippen molar-refractivity contribution in [2.75, 3.05) is 13.1 Å². The quantitative estimate of drug-likeness (QED) is 0.716. The van der Waals surface area contributed by atoms with Gasteiger partial charge >= 0.3 is 0 Å². The molecule has 0 atom stereocenters. The second-order valence-corrected chi connectivity index (χ2v) is 3.52. The van der Waals surface area contributed by atoms with Crippen molar-refractivity contribution in [3.05, 3.63) is 35.4 Å². The van der Waals surface area contributed by atoms with Gasteiger partial charge in [0, 0.05) is 0 Å². The highest BCUT2D eigenvalue weighted by molar-refractivity contribution is 5.18. The number of hydrogen-bond donors (Lipinski definition) is 1. The molecule has 0 aliphatic carbocycles. The first-order chi connectivity index (χ1) is 7.25. The largest absolute Gasteiger partial charge is 0.317 e. The summed E-state index contributed by atoms with van der Waals surface area (Å²) in [7, 11) is 0. The van der Waals surface area contributed by atoms with Gasteiger partial charge in [-0.2, -0.15) is 0 Å². The summed E-state index contributed by atoms with van der Waals surface area (Å²) in [5.74, 6) is -1.44. The van der Waals surface area contributed by atoms with Gasteiger partial charge in [0.25, 0.3) is 0 Å². The number of halogens is 2. The van der Waals surface area contributed by atoms with E-state index in [0.717, 1.165) is 32.0 Å². The average Bonchev–Trinajstić information content (AvgIpc) is 2.24. The summed E-state index contributed by atoms with van der Waals surface area (Å²) in [5, 5.41) is 3.19. The second-order valence-electron chi connectivity index (χ2n) is 3.52. The summed E-state index contributed by atoms with van der Waals surface area (Å²) >= 11 is 0. The SMILES string of the molecule is CCNCCCCc1cccc(F)c1F. The van der Waals surface area contributed by atoms with E-state index in [0.29, 0.717) is 12.0 Å². The normalized spacial score (nSPS) is 10.6. The topological polar surface area (TPSA) is 12.0 Å². The van der Waals surface area contributed by atoms with Crippen LogP contribution >= 0.6 is 0 Å². The van der Waals surface area contributed by atoms with Gasteiger partial charge < -0.3 is 5.32 Å². The summed E-state index contributed by atoms with van der Waals surface area (Å²) in [4.78, 5) is 0. The van der Waals surface area contributed by atoms with Crippen LogP contribution in [0, 0.1) is 11.6 Å². The third kappa shape index (κ3) is 3.96. The molecule has 1 N–H and O–H groups in total. The van der Waals surface area contributed by atoms with E-state index in [1.165, 1.54) is 0 Å². The Morgan fingerprint density at radius 2 is 2.00 bits per heavy atom. The molecule has 1 nitrogen and oxygen atoms in total. The lowest BCUT2D eigenvalue weighted by molar-refractivity contribution is 0.495. The Bertz CT molecular complexity index is 300. The zero-order valence-corrected chi connectivity index (χ0v) is 9.02. The molecule has 0 amide bonds. The monoisotopic (exact) mass is 213 g/mol. The zero-order chi connectivity index (χ0) is 11.1. The van der Waals surface area contributed by atoms with E-state index in [4.69, 9.17) is 0 Å². The second kappa shape index (κ2) is 6.51. The van der Waals surface area contributed by atoms with Gasteiger partial charge in [0.1, 0.15) is 0 Å². The first-order valence-corrected chi connectivity index (χ1v) is 5.39. The summed E-state index contributed by atoms with van der Waals surface area (Å²) in [5.41, 5.74) is 0.478. The fourth-order valence-electron chi connectivity index (χ4n) is 1.48. The van der Waals surface area contributed by atoms with Gasteiger partial charge in [-0.25, -0.2) is 8.78 Å². The predicted octanol–water partition coefficient (Wildman–Crippen LogP) is 2.90. The van der Waals surface area contributed by atoms with Gasteiger partial charge in [-0.1, -0.05) is 19.1 Å².